The molecule has 1 atom stereocenters. The molecule has 0 aromatic carbocycles. The third-order valence-corrected chi connectivity index (χ3v) is 3.92. The van der Waals surface area contributed by atoms with Crippen molar-refractivity contribution in [3.05, 3.63) is 23.4 Å². The summed E-state index contributed by atoms with van der Waals surface area (Å²) in [5.74, 6) is 0.861. The maximum absolute atomic E-state index is 12.5. The summed E-state index contributed by atoms with van der Waals surface area (Å²) in [6.45, 7) is 4.23. The van der Waals surface area contributed by atoms with Gasteiger partial charge in [-0.05, 0) is 12.1 Å². The Hall–Kier alpha value is -1.37. The molecule has 0 N–H and O–H groups in total. The molecule has 7 heteroatoms. The Balaban J connectivity index is 1.64. The maximum Gasteiger partial charge on any atom is 0.253 e. The van der Waals surface area contributed by atoms with Crippen molar-refractivity contribution in [1.82, 2.24) is 9.88 Å². The maximum atomic E-state index is 12.5. The number of morpholine rings is 2. The number of hydrogen-bond donors (Lipinski definition) is 0. The SMILES string of the molecule is O=C(C1CN(c2ccc(Cl)cn2)CCO1)N1CCOCC1. The van der Waals surface area contributed by atoms with Crippen molar-refractivity contribution in [1.29, 1.82) is 0 Å². The number of halogens is 1. The summed E-state index contributed by atoms with van der Waals surface area (Å²) in [6, 6.07) is 3.67. The van der Waals surface area contributed by atoms with Gasteiger partial charge in [-0.1, -0.05) is 11.6 Å². The van der Waals surface area contributed by atoms with Gasteiger partial charge < -0.3 is 19.3 Å². The third kappa shape index (κ3) is 3.45. The van der Waals surface area contributed by atoms with E-state index in [9.17, 15) is 4.79 Å². The van der Waals surface area contributed by atoms with Gasteiger partial charge in [0.15, 0.2) is 6.10 Å². The van der Waals surface area contributed by atoms with Gasteiger partial charge in [0.1, 0.15) is 5.82 Å². The average Bonchev–Trinajstić information content (AvgIpc) is 2.56. The summed E-state index contributed by atoms with van der Waals surface area (Å²) in [5.41, 5.74) is 0. The highest BCUT2D eigenvalue weighted by Gasteiger charge is 2.31. The highest BCUT2D eigenvalue weighted by atomic mass is 35.5. The number of carbonyl (C=O) groups is 1. The highest BCUT2D eigenvalue weighted by Crippen LogP contribution is 2.18. The first kappa shape index (κ1) is 14.6. The summed E-state index contributed by atoms with van der Waals surface area (Å²) in [4.78, 5) is 20.6. The molecule has 6 nitrogen and oxygen atoms in total. The molecule has 1 aromatic rings. The van der Waals surface area contributed by atoms with Crippen LogP contribution in [0.25, 0.3) is 0 Å². The normalized spacial score (nSPS) is 23.2. The van der Waals surface area contributed by atoms with E-state index in [1.54, 1.807) is 12.3 Å². The standard InChI is InChI=1S/C14H18ClN3O3/c15-11-1-2-13(16-9-11)18-5-8-21-12(10-18)14(19)17-3-6-20-7-4-17/h1-2,9,12H,3-8,10H2. The summed E-state index contributed by atoms with van der Waals surface area (Å²) in [7, 11) is 0. The first-order valence-corrected chi connectivity index (χ1v) is 7.46. The summed E-state index contributed by atoms with van der Waals surface area (Å²) < 4.78 is 10.9. The van der Waals surface area contributed by atoms with Crippen molar-refractivity contribution in [2.24, 2.45) is 0 Å². The van der Waals surface area contributed by atoms with Gasteiger partial charge in [-0.2, -0.15) is 0 Å². The molecule has 3 rings (SSSR count). The molecule has 0 radical (unpaired) electrons. The molecule has 3 heterocycles. The largest absolute Gasteiger partial charge is 0.378 e. The molecule has 21 heavy (non-hydrogen) atoms. The number of nitrogens with zero attached hydrogens (tertiary/aromatic N) is 3. The Labute approximate surface area is 128 Å². The molecule has 2 aliphatic rings. The predicted molar refractivity (Wildman–Crippen MR) is 78.6 cm³/mol. The minimum atomic E-state index is -0.436. The second-order valence-electron chi connectivity index (χ2n) is 5.08. The van der Waals surface area contributed by atoms with Gasteiger partial charge in [-0.3, -0.25) is 4.79 Å². The number of ether oxygens (including phenoxy) is 2. The lowest BCUT2D eigenvalue weighted by Gasteiger charge is -2.36. The minimum Gasteiger partial charge on any atom is -0.378 e. The van der Waals surface area contributed by atoms with E-state index >= 15 is 0 Å². The van der Waals surface area contributed by atoms with E-state index in [1.165, 1.54) is 0 Å². The predicted octanol–water partition coefficient (Wildman–Crippen LogP) is 0.799. The van der Waals surface area contributed by atoms with Gasteiger partial charge in [0, 0.05) is 25.8 Å². The number of amides is 1. The van der Waals surface area contributed by atoms with Crippen LogP contribution in [0.15, 0.2) is 18.3 Å². The van der Waals surface area contributed by atoms with Gasteiger partial charge in [0.05, 0.1) is 31.4 Å². The monoisotopic (exact) mass is 311 g/mol. The summed E-state index contributed by atoms with van der Waals surface area (Å²) >= 11 is 5.85. The van der Waals surface area contributed by atoms with Gasteiger partial charge in [-0.25, -0.2) is 4.98 Å². The van der Waals surface area contributed by atoms with Crippen molar-refractivity contribution < 1.29 is 14.3 Å². The second-order valence-corrected chi connectivity index (χ2v) is 5.51. The Morgan fingerprint density at radius 2 is 2.05 bits per heavy atom. The number of rotatable bonds is 2. The van der Waals surface area contributed by atoms with Crippen LogP contribution >= 0.6 is 11.6 Å². The second kappa shape index (κ2) is 6.60. The molecule has 2 aliphatic heterocycles. The molecule has 1 aromatic heterocycles. The molecular weight excluding hydrogens is 294 g/mol. The molecule has 0 bridgehead atoms. The van der Waals surface area contributed by atoms with Gasteiger partial charge in [0.2, 0.25) is 0 Å². The quantitative estimate of drug-likeness (QED) is 0.808. The lowest BCUT2D eigenvalue weighted by Crippen LogP contribution is -2.53. The van der Waals surface area contributed by atoms with Crippen molar-refractivity contribution in [2.45, 2.75) is 6.10 Å². The molecule has 114 valence electrons. The van der Waals surface area contributed by atoms with Crippen molar-refractivity contribution >= 4 is 23.3 Å². The van der Waals surface area contributed by atoms with Crippen molar-refractivity contribution in [3.63, 3.8) is 0 Å². The number of anilines is 1. The van der Waals surface area contributed by atoms with Crippen LogP contribution in [0, 0.1) is 0 Å². The van der Waals surface area contributed by atoms with E-state index in [-0.39, 0.29) is 5.91 Å². The number of pyridine rings is 1. The molecule has 0 spiro atoms. The van der Waals surface area contributed by atoms with Crippen LogP contribution in [0.1, 0.15) is 0 Å². The van der Waals surface area contributed by atoms with E-state index in [2.05, 4.69) is 9.88 Å². The zero-order chi connectivity index (χ0) is 14.7. The van der Waals surface area contributed by atoms with Crippen LogP contribution in [0.3, 0.4) is 0 Å². The highest BCUT2D eigenvalue weighted by molar-refractivity contribution is 6.30. The molecule has 2 saturated heterocycles. The van der Waals surface area contributed by atoms with E-state index < -0.39 is 6.10 Å². The average molecular weight is 312 g/mol. The Kier molecular flexibility index (Phi) is 4.57. The Bertz CT molecular complexity index is 491. The van der Waals surface area contributed by atoms with Gasteiger partial charge in [0.25, 0.3) is 5.91 Å². The van der Waals surface area contributed by atoms with Crippen LogP contribution in [0.2, 0.25) is 5.02 Å². The summed E-state index contributed by atoms with van der Waals surface area (Å²) in [6.07, 6.45) is 1.18. The van der Waals surface area contributed by atoms with Gasteiger partial charge in [-0.15, -0.1) is 0 Å². The van der Waals surface area contributed by atoms with Crippen molar-refractivity contribution in [2.75, 3.05) is 50.9 Å². The first-order chi connectivity index (χ1) is 10.2. The number of hydrogen-bond acceptors (Lipinski definition) is 5. The molecule has 2 fully saturated rings. The fraction of sp³-hybridized carbons (Fsp3) is 0.571. The van der Waals surface area contributed by atoms with E-state index in [0.717, 1.165) is 12.4 Å². The number of aromatic nitrogens is 1. The molecule has 1 amide bonds. The lowest BCUT2D eigenvalue weighted by atomic mass is 10.2. The Morgan fingerprint density at radius 1 is 1.24 bits per heavy atom. The molecular formula is C14H18ClN3O3. The smallest absolute Gasteiger partial charge is 0.253 e. The van der Waals surface area contributed by atoms with E-state index in [4.69, 9.17) is 21.1 Å². The Morgan fingerprint density at radius 3 is 2.76 bits per heavy atom. The lowest BCUT2D eigenvalue weighted by molar-refractivity contribution is -0.148. The first-order valence-electron chi connectivity index (χ1n) is 7.09. The van der Waals surface area contributed by atoms with Gasteiger partial charge >= 0.3 is 0 Å². The van der Waals surface area contributed by atoms with Crippen LogP contribution in [-0.2, 0) is 14.3 Å². The zero-order valence-electron chi connectivity index (χ0n) is 11.7. The van der Waals surface area contributed by atoms with E-state index in [1.807, 2.05) is 11.0 Å². The van der Waals surface area contributed by atoms with Crippen molar-refractivity contribution in [3.8, 4) is 0 Å². The molecule has 0 aliphatic carbocycles. The third-order valence-electron chi connectivity index (χ3n) is 3.70. The molecule has 0 saturated carbocycles. The summed E-state index contributed by atoms with van der Waals surface area (Å²) in [5, 5.41) is 0.605. The zero-order valence-corrected chi connectivity index (χ0v) is 12.5. The minimum absolute atomic E-state index is 0.0389. The van der Waals surface area contributed by atoms with Crippen LogP contribution in [-0.4, -0.2) is 67.9 Å². The van der Waals surface area contributed by atoms with Crippen LogP contribution in [0.5, 0.6) is 0 Å². The van der Waals surface area contributed by atoms with Crippen LogP contribution in [0.4, 0.5) is 5.82 Å². The molecule has 1 unspecified atom stereocenters. The van der Waals surface area contributed by atoms with Crippen LogP contribution < -0.4 is 4.90 Å². The fourth-order valence-corrected chi connectivity index (χ4v) is 2.66. The van der Waals surface area contributed by atoms with E-state index in [0.29, 0.717) is 44.5 Å². The topological polar surface area (TPSA) is 54.9 Å². The number of carbonyl (C=O) groups excluding carboxylic acids is 1. The fourth-order valence-electron chi connectivity index (χ4n) is 2.55.